The largest absolute Gasteiger partial charge is 0.478 e. The molecule has 0 aliphatic rings. The van der Waals surface area contributed by atoms with Crippen LogP contribution in [0.15, 0.2) is 18.2 Å². The molecule has 1 unspecified atom stereocenters. The molecule has 1 atom stereocenters. The van der Waals surface area contributed by atoms with Gasteiger partial charge >= 0.3 is 5.97 Å². The maximum Gasteiger partial charge on any atom is 0.335 e. The lowest BCUT2D eigenvalue weighted by molar-refractivity contribution is 0.0697. The van der Waals surface area contributed by atoms with Gasteiger partial charge in [-0.15, -0.1) is 0 Å². The molecule has 0 heterocycles. The van der Waals surface area contributed by atoms with Crippen molar-refractivity contribution in [2.45, 2.75) is 13.0 Å². The van der Waals surface area contributed by atoms with Crippen molar-refractivity contribution in [2.75, 3.05) is 0 Å². The van der Waals surface area contributed by atoms with Crippen molar-refractivity contribution in [2.24, 2.45) is 0 Å². The number of hydrogen-bond acceptors (Lipinski definition) is 3. The third kappa shape index (κ3) is 2.86. The second kappa shape index (κ2) is 4.67. The van der Waals surface area contributed by atoms with Gasteiger partial charge in [-0.05, 0) is 25.1 Å². The Morgan fingerprint density at radius 1 is 1.67 bits per heavy atom. The summed E-state index contributed by atoms with van der Waals surface area (Å²) in [5.41, 5.74) is 0.0805. The number of halogens is 1. The van der Waals surface area contributed by atoms with Crippen LogP contribution in [0, 0.1) is 11.3 Å². The quantitative estimate of drug-likeness (QED) is 0.857. The second-order valence-corrected chi connectivity index (χ2v) is 3.25. The fraction of sp³-hybridized carbons (Fsp3) is 0.200. The number of ether oxygens (including phenoxy) is 1. The zero-order chi connectivity index (χ0) is 11.4. The average molecular weight is 226 g/mol. The van der Waals surface area contributed by atoms with Gasteiger partial charge in [0.25, 0.3) is 0 Å². The lowest BCUT2D eigenvalue weighted by atomic mass is 10.2. The van der Waals surface area contributed by atoms with E-state index in [1.54, 1.807) is 6.92 Å². The SMILES string of the molecule is CC(C#N)Oc1ccc(C(=O)O)cc1Cl. The van der Waals surface area contributed by atoms with Gasteiger partial charge in [0.1, 0.15) is 11.8 Å². The van der Waals surface area contributed by atoms with E-state index >= 15 is 0 Å². The molecule has 1 aromatic carbocycles. The van der Waals surface area contributed by atoms with Crippen molar-refractivity contribution >= 4 is 17.6 Å². The molecule has 0 fully saturated rings. The van der Waals surface area contributed by atoms with E-state index in [4.69, 9.17) is 26.7 Å². The van der Waals surface area contributed by atoms with Crippen molar-refractivity contribution in [3.8, 4) is 11.8 Å². The molecule has 0 bridgehead atoms. The Kier molecular flexibility index (Phi) is 3.53. The Hall–Kier alpha value is -1.73. The number of nitrogens with zero attached hydrogens (tertiary/aromatic N) is 1. The molecule has 0 saturated carbocycles. The van der Waals surface area contributed by atoms with E-state index in [1.165, 1.54) is 18.2 Å². The summed E-state index contributed by atoms with van der Waals surface area (Å²) in [6, 6.07) is 5.96. The fourth-order valence-electron chi connectivity index (χ4n) is 0.946. The van der Waals surface area contributed by atoms with Gasteiger partial charge in [0.05, 0.1) is 10.6 Å². The molecule has 0 aliphatic carbocycles. The predicted octanol–water partition coefficient (Wildman–Crippen LogP) is 2.33. The van der Waals surface area contributed by atoms with Crippen molar-refractivity contribution < 1.29 is 14.6 Å². The number of benzene rings is 1. The first-order valence-electron chi connectivity index (χ1n) is 4.13. The number of aromatic carboxylic acids is 1. The highest BCUT2D eigenvalue weighted by Gasteiger charge is 2.09. The summed E-state index contributed by atoms with van der Waals surface area (Å²) in [6.07, 6.45) is -0.627. The van der Waals surface area contributed by atoms with Crippen molar-refractivity contribution in [3.63, 3.8) is 0 Å². The summed E-state index contributed by atoms with van der Waals surface area (Å²) < 4.78 is 5.14. The molecule has 1 N–H and O–H groups in total. The number of carbonyl (C=O) groups is 1. The van der Waals surface area contributed by atoms with Crippen molar-refractivity contribution in [3.05, 3.63) is 28.8 Å². The number of carboxylic acid groups (broad SMARTS) is 1. The minimum Gasteiger partial charge on any atom is -0.478 e. The third-order valence-corrected chi connectivity index (χ3v) is 1.96. The van der Waals surface area contributed by atoms with Crippen LogP contribution in [0.4, 0.5) is 0 Å². The Balaban J connectivity index is 2.94. The number of nitriles is 1. The second-order valence-electron chi connectivity index (χ2n) is 2.84. The van der Waals surface area contributed by atoms with Crippen LogP contribution in [0.5, 0.6) is 5.75 Å². The Bertz CT molecular complexity index is 425. The molecular weight excluding hydrogens is 218 g/mol. The van der Waals surface area contributed by atoms with E-state index in [-0.39, 0.29) is 10.6 Å². The summed E-state index contributed by atoms with van der Waals surface area (Å²) in [5, 5.41) is 17.4. The summed E-state index contributed by atoms with van der Waals surface area (Å²) >= 11 is 5.78. The summed E-state index contributed by atoms with van der Waals surface area (Å²) in [6.45, 7) is 1.57. The molecule has 1 aromatic rings. The standard InChI is InChI=1S/C10H8ClNO3/c1-6(5-12)15-9-3-2-7(10(13)14)4-8(9)11/h2-4,6H,1H3,(H,13,14). The van der Waals surface area contributed by atoms with E-state index in [0.717, 1.165) is 0 Å². The molecule has 0 radical (unpaired) electrons. The van der Waals surface area contributed by atoms with E-state index in [1.807, 2.05) is 6.07 Å². The minimum atomic E-state index is -1.06. The Labute approximate surface area is 91.7 Å². The van der Waals surface area contributed by atoms with Gasteiger partial charge in [-0.3, -0.25) is 0 Å². The highest BCUT2D eigenvalue weighted by atomic mass is 35.5. The van der Waals surface area contributed by atoms with E-state index in [2.05, 4.69) is 0 Å². The third-order valence-electron chi connectivity index (χ3n) is 1.66. The summed E-state index contributed by atoms with van der Waals surface area (Å²) in [4.78, 5) is 10.6. The topological polar surface area (TPSA) is 70.3 Å². The van der Waals surface area contributed by atoms with Gasteiger partial charge in [-0.1, -0.05) is 11.6 Å². The Morgan fingerprint density at radius 3 is 2.80 bits per heavy atom. The maximum absolute atomic E-state index is 10.6. The molecule has 5 heteroatoms. The van der Waals surface area contributed by atoms with Crippen LogP contribution < -0.4 is 4.74 Å². The molecule has 78 valence electrons. The Morgan fingerprint density at radius 2 is 2.33 bits per heavy atom. The van der Waals surface area contributed by atoms with Crippen molar-refractivity contribution in [1.82, 2.24) is 0 Å². The monoisotopic (exact) mass is 225 g/mol. The summed E-state index contributed by atoms with van der Waals surface area (Å²) in [5.74, 6) is -0.757. The van der Waals surface area contributed by atoms with Gasteiger partial charge in [-0.25, -0.2) is 4.79 Å². The normalized spacial score (nSPS) is 11.5. The van der Waals surface area contributed by atoms with E-state index in [0.29, 0.717) is 5.75 Å². The van der Waals surface area contributed by atoms with Crippen LogP contribution in [0.3, 0.4) is 0 Å². The first kappa shape index (κ1) is 11.3. The van der Waals surface area contributed by atoms with Crippen LogP contribution in [-0.4, -0.2) is 17.2 Å². The molecule has 15 heavy (non-hydrogen) atoms. The molecule has 0 spiro atoms. The van der Waals surface area contributed by atoms with Crippen LogP contribution >= 0.6 is 11.6 Å². The van der Waals surface area contributed by atoms with E-state index < -0.39 is 12.1 Å². The van der Waals surface area contributed by atoms with Gasteiger partial charge in [0.15, 0.2) is 6.10 Å². The molecule has 4 nitrogen and oxygen atoms in total. The molecule has 0 aliphatic heterocycles. The smallest absolute Gasteiger partial charge is 0.335 e. The van der Waals surface area contributed by atoms with Gasteiger partial charge in [0, 0.05) is 0 Å². The van der Waals surface area contributed by atoms with Crippen LogP contribution in [0.25, 0.3) is 0 Å². The molecule has 0 amide bonds. The first-order chi connectivity index (χ1) is 7.04. The van der Waals surface area contributed by atoms with Crippen molar-refractivity contribution in [1.29, 1.82) is 5.26 Å². The lowest BCUT2D eigenvalue weighted by Gasteiger charge is -2.09. The number of carboxylic acids is 1. The molecular formula is C10H8ClNO3. The van der Waals surface area contributed by atoms with Gasteiger partial charge in [-0.2, -0.15) is 5.26 Å². The zero-order valence-electron chi connectivity index (χ0n) is 7.90. The van der Waals surface area contributed by atoms with E-state index in [9.17, 15) is 4.79 Å². The van der Waals surface area contributed by atoms with Crippen LogP contribution in [0.1, 0.15) is 17.3 Å². The van der Waals surface area contributed by atoms with Gasteiger partial charge < -0.3 is 9.84 Å². The van der Waals surface area contributed by atoms with Crippen LogP contribution in [-0.2, 0) is 0 Å². The van der Waals surface area contributed by atoms with Crippen LogP contribution in [0.2, 0.25) is 5.02 Å². The molecule has 1 rings (SSSR count). The first-order valence-corrected chi connectivity index (χ1v) is 4.51. The predicted molar refractivity (Wildman–Crippen MR) is 54.1 cm³/mol. The number of hydrogen-bond donors (Lipinski definition) is 1. The fourth-order valence-corrected chi connectivity index (χ4v) is 1.17. The maximum atomic E-state index is 10.6. The average Bonchev–Trinajstić information content (AvgIpc) is 2.20. The molecule has 0 aromatic heterocycles. The van der Waals surface area contributed by atoms with Gasteiger partial charge in [0.2, 0.25) is 0 Å². The highest BCUT2D eigenvalue weighted by molar-refractivity contribution is 6.32. The zero-order valence-corrected chi connectivity index (χ0v) is 8.65. The highest BCUT2D eigenvalue weighted by Crippen LogP contribution is 2.26. The molecule has 0 saturated heterocycles. The lowest BCUT2D eigenvalue weighted by Crippen LogP contribution is -2.08. The summed E-state index contributed by atoms with van der Waals surface area (Å²) in [7, 11) is 0. The minimum absolute atomic E-state index is 0.0805. The number of rotatable bonds is 3.